The number of ether oxygens (including phenoxy) is 2. The van der Waals surface area contributed by atoms with Crippen molar-refractivity contribution in [3.63, 3.8) is 0 Å². The predicted molar refractivity (Wildman–Crippen MR) is 49.4 cm³/mol. The van der Waals surface area contributed by atoms with Crippen LogP contribution in [0.3, 0.4) is 0 Å². The molecule has 1 aliphatic heterocycles. The Morgan fingerprint density at radius 2 is 2.31 bits per heavy atom. The van der Waals surface area contributed by atoms with Crippen molar-refractivity contribution in [1.82, 2.24) is 0 Å². The first-order valence-electron chi connectivity index (χ1n) is 5.07. The molecule has 3 nitrogen and oxygen atoms in total. The van der Waals surface area contributed by atoms with Crippen LogP contribution >= 0.6 is 0 Å². The van der Waals surface area contributed by atoms with Gasteiger partial charge >= 0.3 is 5.97 Å². The van der Waals surface area contributed by atoms with Gasteiger partial charge in [0.25, 0.3) is 0 Å². The van der Waals surface area contributed by atoms with Crippen LogP contribution in [0.4, 0.5) is 0 Å². The zero-order chi connectivity index (χ0) is 9.68. The van der Waals surface area contributed by atoms with E-state index in [1.165, 1.54) is 0 Å². The highest BCUT2D eigenvalue weighted by Crippen LogP contribution is 2.24. The fourth-order valence-electron chi connectivity index (χ4n) is 1.63. The second-order valence-corrected chi connectivity index (χ2v) is 3.38. The molecule has 0 spiro atoms. The van der Waals surface area contributed by atoms with Crippen LogP contribution in [0.2, 0.25) is 0 Å². The van der Waals surface area contributed by atoms with E-state index in [-0.39, 0.29) is 18.0 Å². The number of hydrogen-bond acceptors (Lipinski definition) is 3. The van der Waals surface area contributed by atoms with Crippen LogP contribution in [0.25, 0.3) is 0 Å². The van der Waals surface area contributed by atoms with Crippen molar-refractivity contribution in [3.8, 4) is 0 Å². The maximum absolute atomic E-state index is 11.5. The van der Waals surface area contributed by atoms with Gasteiger partial charge in [0.1, 0.15) is 0 Å². The van der Waals surface area contributed by atoms with Crippen LogP contribution in [-0.4, -0.2) is 25.3 Å². The Hall–Kier alpha value is -0.570. The molecule has 3 heteroatoms. The summed E-state index contributed by atoms with van der Waals surface area (Å²) in [5, 5.41) is 0. The third kappa shape index (κ3) is 2.69. The summed E-state index contributed by atoms with van der Waals surface area (Å²) in [6, 6.07) is 0. The Balaban J connectivity index is 2.36. The Morgan fingerprint density at radius 1 is 1.54 bits per heavy atom. The molecule has 0 aliphatic carbocycles. The smallest absolute Gasteiger partial charge is 0.311 e. The second-order valence-electron chi connectivity index (χ2n) is 3.38. The highest BCUT2D eigenvalue weighted by Gasteiger charge is 2.33. The van der Waals surface area contributed by atoms with Gasteiger partial charge < -0.3 is 9.47 Å². The van der Waals surface area contributed by atoms with Crippen molar-refractivity contribution in [3.05, 3.63) is 0 Å². The Labute approximate surface area is 79.4 Å². The Morgan fingerprint density at radius 3 is 2.92 bits per heavy atom. The molecule has 2 atom stereocenters. The van der Waals surface area contributed by atoms with Crippen molar-refractivity contribution in [2.45, 2.75) is 39.2 Å². The molecular formula is C10H18O3. The molecule has 1 heterocycles. The molecule has 0 aromatic carbocycles. The SMILES string of the molecule is CCCOC(=O)C1CCOC1CC. The molecular weight excluding hydrogens is 168 g/mol. The van der Waals surface area contributed by atoms with Gasteiger partial charge in [-0.15, -0.1) is 0 Å². The second kappa shape index (κ2) is 5.22. The van der Waals surface area contributed by atoms with Crippen molar-refractivity contribution in [2.75, 3.05) is 13.2 Å². The summed E-state index contributed by atoms with van der Waals surface area (Å²) in [5.74, 6) is -0.0947. The van der Waals surface area contributed by atoms with Gasteiger partial charge in [-0.3, -0.25) is 4.79 Å². The number of hydrogen-bond donors (Lipinski definition) is 0. The quantitative estimate of drug-likeness (QED) is 0.627. The van der Waals surface area contributed by atoms with Gasteiger partial charge in [0.15, 0.2) is 0 Å². The molecule has 0 aromatic rings. The largest absolute Gasteiger partial charge is 0.465 e. The first kappa shape index (κ1) is 10.5. The first-order chi connectivity index (χ1) is 6.29. The average molecular weight is 186 g/mol. The summed E-state index contributed by atoms with van der Waals surface area (Å²) in [7, 11) is 0. The Kier molecular flexibility index (Phi) is 4.22. The van der Waals surface area contributed by atoms with E-state index in [0.29, 0.717) is 13.2 Å². The third-order valence-corrected chi connectivity index (χ3v) is 2.36. The average Bonchev–Trinajstić information content (AvgIpc) is 2.61. The maximum Gasteiger partial charge on any atom is 0.311 e. The maximum atomic E-state index is 11.5. The van der Waals surface area contributed by atoms with E-state index in [9.17, 15) is 4.79 Å². The summed E-state index contributed by atoms with van der Waals surface area (Å²) in [6.07, 6.45) is 2.69. The van der Waals surface area contributed by atoms with Crippen LogP contribution in [0.15, 0.2) is 0 Å². The molecule has 1 rings (SSSR count). The van der Waals surface area contributed by atoms with Crippen LogP contribution < -0.4 is 0 Å². The number of esters is 1. The molecule has 0 aromatic heterocycles. The number of carbonyl (C=O) groups excluding carboxylic acids is 1. The van der Waals surface area contributed by atoms with E-state index in [1.54, 1.807) is 0 Å². The number of carbonyl (C=O) groups is 1. The normalized spacial score (nSPS) is 27.5. The van der Waals surface area contributed by atoms with Gasteiger partial charge in [0.2, 0.25) is 0 Å². The summed E-state index contributed by atoms with van der Waals surface area (Å²) in [4.78, 5) is 11.5. The molecule has 0 bridgehead atoms. The first-order valence-corrected chi connectivity index (χ1v) is 5.07. The molecule has 1 fully saturated rings. The fourth-order valence-corrected chi connectivity index (χ4v) is 1.63. The van der Waals surface area contributed by atoms with Crippen LogP contribution in [-0.2, 0) is 14.3 Å². The van der Waals surface area contributed by atoms with E-state index in [0.717, 1.165) is 19.3 Å². The van der Waals surface area contributed by atoms with Gasteiger partial charge in [-0.05, 0) is 19.3 Å². The minimum absolute atomic E-state index is 0.0171. The van der Waals surface area contributed by atoms with Crippen LogP contribution in [0.1, 0.15) is 33.1 Å². The molecule has 2 unspecified atom stereocenters. The van der Waals surface area contributed by atoms with Gasteiger partial charge in [-0.25, -0.2) is 0 Å². The van der Waals surface area contributed by atoms with E-state index < -0.39 is 0 Å². The lowest BCUT2D eigenvalue weighted by atomic mass is 10.0. The van der Waals surface area contributed by atoms with Crippen molar-refractivity contribution >= 4 is 5.97 Å². The third-order valence-electron chi connectivity index (χ3n) is 2.36. The molecule has 0 radical (unpaired) electrons. The lowest BCUT2D eigenvalue weighted by molar-refractivity contribution is -0.150. The zero-order valence-corrected chi connectivity index (χ0v) is 8.41. The molecule has 0 N–H and O–H groups in total. The number of rotatable bonds is 4. The summed E-state index contributed by atoms with van der Waals surface area (Å²) < 4.78 is 10.5. The van der Waals surface area contributed by atoms with E-state index in [2.05, 4.69) is 0 Å². The molecule has 1 saturated heterocycles. The zero-order valence-electron chi connectivity index (χ0n) is 8.41. The van der Waals surface area contributed by atoms with Gasteiger partial charge in [0.05, 0.1) is 18.6 Å². The minimum atomic E-state index is -0.0776. The fraction of sp³-hybridized carbons (Fsp3) is 0.900. The van der Waals surface area contributed by atoms with Crippen molar-refractivity contribution in [2.24, 2.45) is 5.92 Å². The molecule has 76 valence electrons. The Bertz CT molecular complexity index is 168. The van der Waals surface area contributed by atoms with E-state index >= 15 is 0 Å². The molecule has 0 amide bonds. The minimum Gasteiger partial charge on any atom is -0.465 e. The molecule has 1 aliphatic rings. The topological polar surface area (TPSA) is 35.5 Å². The van der Waals surface area contributed by atoms with E-state index in [1.807, 2.05) is 13.8 Å². The summed E-state index contributed by atoms with van der Waals surface area (Å²) >= 11 is 0. The van der Waals surface area contributed by atoms with Crippen LogP contribution in [0.5, 0.6) is 0 Å². The van der Waals surface area contributed by atoms with Gasteiger partial charge in [-0.1, -0.05) is 13.8 Å². The highest BCUT2D eigenvalue weighted by atomic mass is 16.5. The summed E-state index contributed by atoms with van der Waals surface area (Å²) in [5.41, 5.74) is 0. The molecule has 13 heavy (non-hydrogen) atoms. The lowest BCUT2D eigenvalue weighted by Gasteiger charge is -2.15. The van der Waals surface area contributed by atoms with E-state index in [4.69, 9.17) is 9.47 Å². The lowest BCUT2D eigenvalue weighted by Crippen LogP contribution is -2.25. The molecule has 0 saturated carbocycles. The predicted octanol–water partition coefficient (Wildman–Crippen LogP) is 1.75. The van der Waals surface area contributed by atoms with Crippen molar-refractivity contribution < 1.29 is 14.3 Å². The highest BCUT2D eigenvalue weighted by molar-refractivity contribution is 5.73. The van der Waals surface area contributed by atoms with Crippen LogP contribution in [0, 0.1) is 5.92 Å². The summed E-state index contributed by atoms with van der Waals surface area (Å²) in [6.45, 7) is 5.27. The van der Waals surface area contributed by atoms with Gasteiger partial charge in [0, 0.05) is 6.61 Å². The van der Waals surface area contributed by atoms with Crippen molar-refractivity contribution in [1.29, 1.82) is 0 Å². The standard InChI is InChI=1S/C10H18O3/c1-3-6-13-10(11)8-5-7-12-9(8)4-2/h8-9H,3-7H2,1-2H3. The monoisotopic (exact) mass is 186 g/mol. The van der Waals surface area contributed by atoms with Gasteiger partial charge in [-0.2, -0.15) is 0 Å².